The normalized spacial score (nSPS) is 20.2. The van der Waals surface area contributed by atoms with Crippen LogP contribution < -0.4 is 0 Å². The molecule has 0 aliphatic heterocycles. The zero-order valence-electron chi connectivity index (χ0n) is 6.63. The number of hydrogen-bond donors (Lipinski definition) is 1. The predicted octanol–water partition coefficient (Wildman–Crippen LogP) is 2.12. The van der Waals surface area contributed by atoms with Crippen LogP contribution >= 0.6 is 11.3 Å². The van der Waals surface area contributed by atoms with Crippen LogP contribution in [-0.2, 0) is 6.42 Å². The van der Waals surface area contributed by atoms with Crippen molar-refractivity contribution >= 4 is 11.3 Å². The van der Waals surface area contributed by atoms with Gasteiger partial charge in [0.25, 0.3) is 0 Å². The molecule has 0 bridgehead atoms. The number of hydrogen-bond acceptors (Lipinski definition) is 2. The zero-order chi connectivity index (χ0) is 7.90. The van der Waals surface area contributed by atoms with Crippen LogP contribution in [0.3, 0.4) is 0 Å². The fraction of sp³-hybridized carbons (Fsp3) is 0.556. The summed E-state index contributed by atoms with van der Waals surface area (Å²) < 4.78 is 0. The molecule has 2 rings (SSSR count). The summed E-state index contributed by atoms with van der Waals surface area (Å²) in [6.45, 7) is 2.11. The Hall–Kier alpha value is -0.340. The second-order valence-electron chi connectivity index (χ2n) is 3.48. The van der Waals surface area contributed by atoms with Crippen molar-refractivity contribution in [1.82, 2.24) is 0 Å². The number of rotatable bonds is 2. The molecule has 1 saturated carbocycles. The first-order chi connectivity index (χ1) is 5.20. The third kappa shape index (κ3) is 1.47. The first kappa shape index (κ1) is 7.32. The Balaban J connectivity index is 2.12. The molecule has 0 amide bonds. The van der Waals surface area contributed by atoms with Crippen molar-refractivity contribution in [3.05, 3.63) is 21.9 Å². The van der Waals surface area contributed by atoms with Crippen molar-refractivity contribution in [2.75, 3.05) is 0 Å². The highest BCUT2D eigenvalue weighted by Crippen LogP contribution is 2.39. The monoisotopic (exact) mass is 168 g/mol. The Morgan fingerprint density at radius 1 is 1.55 bits per heavy atom. The smallest absolute Gasteiger partial charge is 0.0690 e. The largest absolute Gasteiger partial charge is 0.390 e. The van der Waals surface area contributed by atoms with Crippen LogP contribution in [0.25, 0.3) is 0 Å². The van der Waals surface area contributed by atoms with Gasteiger partial charge in [0, 0.05) is 6.42 Å². The number of aryl methyl sites for hydroxylation is 1. The van der Waals surface area contributed by atoms with Crippen molar-refractivity contribution in [3.63, 3.8) is 0 Å². The molecule has 1 aliphatic rings. The lowest BCUT2D eigenvalue weighted by Gasteiger charge is -2.05. The summed E-state index contributed by atoms with van der Waals surface area (Å²) in [5.41, 5.74) is 2.33. The maximum Gasteiger partial charge on any atom is 0.0690 e. The molecular formula is C9H12OS. The van der Waals surface area contributed by atoms with Gasteiger partial charge in [-0.05, 0) is 41.7 Å². The molecule has 0 unspecified atom stereocenters. The molecule has 1 aliphatic carbocycles. The van der Waals surface area contributed by atoms with E-state index in [0.717, 1.165) is 19.3 Å². The SMILES string of the molecule is Cc1cscc1CC1(O)CC1. The Bertz CT molecular complexity index is 260. The minimum Gasteiger partial charge on any atom is -0.390 e. The molecule has 0 radical (unpaired) electrons. The lowest BCUT2D eigenvalue weighted by atomic mass is 10.1. The molecule has 0 saturated heterocycles. The van der Waals surface area contributed by atoms with E-state index in [1.165, 1.54) is 11.1 Å². The molecule has 1 heterocycles. The first-order valence-corrected chi connectivity index (χ1v) is 4.88. The van der Waals surface area contributed by atoms with Crippen LogP contribution in [0.5, 0.6) is 0 Å². The highest BCUT2D eigenvalue weighted by atomic mass is 32.1. The highest BCUT2D eigenvalue weighted by Gasteiger charge is 2.40. The van der Waals surface area contributed by atoms with E-state index in [2.05, 4.69) is 17.7 Å². The van der Waals surface area contributed by atoms with Crippen LogP contribution in [0.4, 0.5) is 0 Å². The molecule has 1 aromatic heterocycles. The molecule has 1 N–H and O–H groups in total. The van der Waals surface area contributed by atoms with Gasteiger partial charge in [0.05, 0.1) is 5.60 Å². The van der Waals surface area contributed by atoms with Crippen LogP contribution in [0.1, 0.15) is 24.0 Å². The Morgan fingerprint density at radius 2 is 2.27 bits per heavy atom. The van der Waals surface area contributed by atoms with E-state index in [1.807, 2.05) is 0 Å². The van der Waals surface area contributed by atoms with Gasteiger partial charge in [0.1, 0.15) is 0 Å². The summed E-state index contributed by atoms with van der Waals surface area (Å²) >= 11 is 1.72. The van der Waals surface area contributed by atoms with E-state index < -0.39 is 0 Å². The standard InChI is InChI=1S/C9H12OS/c1-7-5-11-6-8(7)4-9(10)2-3-9/h5-6,10H,2-4H2,1H3. The Labute approximate surface area is 70.7 Å². The van der Waals surface area contributed by atoms with Gasteiger partial charge in [0.15, 0.2) is 0 Å². The van der Waals surface area contributed by atoms with E-state index in [9.17, 15) is 5.11 Å². The molecule has 2 heteroatoms. The van der Waals surface area contributed by atoms with Crippen molar-refractivity contribution in [1.29, 1.82) is 0 Å². The van der Waals surface area contributed by atoms with Crippen LogP contribution in [0.15, 0.2) is 10.8 Å². The topological polar surface area (TPSA) is 20.2 Å². The quantitative estimate of drug-likeness (QED) is 0.717. The van der Waals surface area contributed by atoms with Gasteiger partial charge >= 0.3 is 0 Å². The summed E-state index contributed by atoms with van der Waals surface area (Å²) in [5.74, 6) is 0. The van der Waals surface area contributed by atoms with E-state index in [-0.39, 0.29) is 5.60 Å². The molecule has 60 valence electrons. The van der Waals surface area contributed by atoms with Crippen molar-refractivity contribution < 1.29 is 5.11 Å². The number of aliphatic hydroxyl groups is 1. The maximum absolute atomic E-state index is 9.63. The van der Waals surface area contributed by atoms with Gasteiger partial charge in [-0.3, -0.25) is 0 Å². The Kier molecular flexibility index (Phi) is 1.55. The van der Waals surface area contributed by atoms with E-state index >= 15 is 0 Å². The van der Waals surface area contributed by atoms with Crippen LogP contribution in [0.2, 0.25) is 0 Å². The van der Waals surface area contributed by atoms with Gasteiger partial charge < -0.3 is 5.11 Å². The van der Waals surface area contributed by atoms with Crippen molar-refractivity contribution in [2.45, 2.75) is 31.8 Å². The average Bonchev–Trinajstić information content (AvgIpc) is 2.54. The highest BCUT2D eigenvalue weighted by molar-refractivity contribution is 7.08. The second-order valence-corrected chi connectivity index (χ2v) is 4.22. The van der Waals surface area contributed by atoms with Gasteiger partial charge in [0.2, 0.25) is 0 Å². The third-order valence-corrected chi connectivity index (χ3v) is 3.22. The molecule has 11 heavy (non-hydrogen) atoms. The van der Waals surface area contributed by atoms with E-state index in [1.54, 1.807) is 11.3 Å². The molecule has 1 fully saturated rings. The van der Waals surface area contributed by atoms with Crippen LogP contribution in [-0.4, -0.2) is 10.7 Å². The predicted molar refractivity (Wildman–Crippen MR) is 46.9 cm³/mol. The second kappa shape index (κ2) is 2.32. The molecule has 0 spiro atoms. The summed E-state index contributed by atoms with van der Waals surface area (Å²) in [5, 5.41) is 13.9. The Morgan fingerprint density at radius 3 is 2.73 bits per heavy atom. The minimum atomic E-state index is -0.328. The average molecular weight is 168 g/mol. The molecule has 0 atom stereocenters. The summed E-state index contributed by atoms with van der Waals surface area (Å²) in [7, 11) is 0. The van der Waals surface area contributed by atoms with Gasteiger partial charge in [-0.15, -0.1) is 0 Å². The summed E-state index contributed by atoms with van der Waals surface area (Å²) in [6.07, 6.45) is 2.84. The lowest BCUT2D eigenvalue weighted by Crippen LogP contribution is -2.10. The fourth-order valence-corrected chi connectivity index (χ4v) is 2.10. The molecule has 1 nitrogen and oxygen atoms in total. The van der Waals surface area contributed by atoms with Crippen molar-refractivity contribution in [2.24, 2.45) is 0 Å². The third-order valence-electron chi connectivity index (χ3n) is 2.31. The van der Waals surface area contributed by atoms with E-state index in [0.29, 0.717) is 0 Å². The zero-order valence-corrected chi connectivity index (χ0v) is 7.45. The maximum atomic E-state index is 9.63. The van der Waals surface area contributed by atoms with Crippen molar-refractivity contribution in [3.8, 4) is 0 Å². The molecular weight excluding hydrogens is 156 g/mol. The summed E-state index contributed by atoms with van der Waals surface area (Å²) in [6, 6.07) is 0. The first-order valence-electron chi connectivity index (χ1n) is 3.94. The van der Waals surface area contributed by atoms with Gasteiger partial charge in [-0.25, -0.2) is 0 Å². The molecule has 0 aromatic carbocycles. The van der Waals surface area contributed by atoms with Gasteiger partial charge in [-0.1, -0.05) is 0 Å². The minimum absolute atomic E-state index is 0.328. The van der Waals surface area contributed by atoms with Gasteiger partial charge in [-0.2, -0.15) is 11.3 Å². The fourth-order valence-electron chi connectivity index (χ4n) is 1.24. The lowest BCUT2D eigenvalue weighted by molar-refractivity contribution is 0.151. The van der Waals surface area contributed by atoms with Crippen LogP contribution in [0, 0.1) is 6.92 Å². The summed E-state index contributed by atoms with van der Waals surface area (Å²) in [4.78, 5) is 0. The number of thiophene rings is 1. The molecule has 1 aromatic rings. The van der Waals surface area contributed by atoms with E-state index in [4.69, 9.17) is 0 Å².